The highest BCUT2D eigenvalue weighted by atomic mass is 32.2. The van der Waals surface area contributed by atoms with Crippen molar-refractivity contribution in [2.45, 2.75) is 18.2 Å². The summed E-state index contributed by atoms with van der Waals surface area (Å²) in [5, 5.41) is 3.94. The fourth-order valence-electron chi connectivity index (χ4n) is 2.56. The van der Waals surface area contributed by atoms with Crippen molar-refractivity contribution in [1.82, 2.24) is 5.43 Å². The van der Waals surface area contributed by atoms with Gasteiger partial charge in [-0.25, -0.2) is 10.2 Å². The second kappa shape index (κ2) is 11.0. The third-order valence-corrected chi connectivity index (χ3v) is 5.04. The number of nitrogens with zero attached hydrogens (tertiary/aromatic N) is 1. The number of amides is 1. The molecule has 7 heteroatoms. The van der Waals surface area contributed by atoms with Gasteiger partial charge in [0.15, 0.2) is 0 Å². The minimum Gasteiger partial charge on any atom is -0.462 e. The van der Waals surface area contributed by atoms with Crippen LogP contribution in [0.5, 0.6) is 0 Å². The van der Waals surface area contributed by atoms with E-state index in [0.717, 1.165) is 10.5 Å². The molecule has 0 aliphatic heterocycles. The molecule has 3 rings (SSSR count). The number of carbonyl (C=O) groups is 2. The molecule has 1 N–H and O–H groups in total. The van der Waals surface area contributed by atoms with Gasteiger partial charge >= 0.3 is 5.97 Å². The van der Waals surface area contributed by atoms with Crippen LogP contribution in [0.4, 0.5) is 0 Å². The molecule has 0 bridgehead atoms. The highest BCUT2D eigenvalue weighted by Gasteiger charge is 2.08. The summed E-state index contributed by atoms with van der Waals surface area (Å²) in [6, 6.07) is 20.5. The Morgan fingerprint density at radius 3 is 2.57 bits per heavy atom. The molecule has 154 valence electrons. The molecule has 0 saturated carbocycles. The summed E-state index contributed by atoms with van der Waals surface area (Å²) >= 11 is 1.62. The molecule has 1 heterocycles. The number of hydrogen-bond acceptors (Lipinski definition) is 6. The Balaban J connectivity index is 1.47. The van der Waals surface area contributed by atoms with Gasteiger partial charge in [0.2, 0.25) is 5.91 Å². The quantitative estimate of drug-likeness (QED) is 0.233. The van der Waals surface area contributed by atoms with Crippen molar-refractivity contribution in [2.24, 2.45) is 5.10 Å². The summed E-state index contributed by atoms with van der Waals surface area (Å²) < 4.78 is 10.7. The van der Waals surface area contributed by atoms with Gasteiger partial charge in [0.05, 0.1) is 18.4 Å². The summed E-state index contributed by atoms with van der Waals surface area (Å²) in [7, 11) is 0. The number of esters is 1. The first kappa shape index (κ1) is 21.4. The Morgan fingerprint density at radius 2 is 1.83 bits per heavy atom. The predicted octanol–water partition coefficient (Wildman–Crippen LogP) is 4.76. The van der Waals surface area contributed by atoms with Crippen molar-refractivity contribution < 1.29 is 18.7 Å². The van der Waals surface area contributed by atoms with Crippen LogP contribution in [0.25, 0.3) is 11.3 Å². The van der Waals surface area contributed by atoms with Crippen molar-refractivity contribution in [2.75, 3.05) is 12.4 Å². The molecule has 6 nitrogen and oxygen atoms in total. The highest BCUT2D eigenvalue weighted by molar-refractivity contribution is 7.99. The summed E-state index contributed by atoms with van der Waals surface area (Å²) in [5.74, 6) is 1.32. The van der Waals surface area contributed by atoms with Crippen LogP contribution in [0, 0.1) is 0 Å². The number of thioether (sulfide) groups is 1. The molecule has 30 heavy (non-hydrogen) atoms. The molecule has 1 amide bonds. The summed E-state index contributed by atoms with van der Waals surface area (Å²) in [6.07, 6.45) is 1.83. The summed E-state index contributed by atoms with van der Waals surface area (Å²) in [5.41, 5.74) is 3.82. The number of hydrazone groups is 1. The molecule has 0 fully saturated rings. The van der Waals surface area contributed by atoms with Crippen LogP contribution in [0.3, 0.4) is 0 Å². The molecule has 0 aliphatic rings. The van der Waals surface area contributed by atoms with E-state index in [2.05, 4.69) is 10.5 Å². The first-order valence-electron chi connectivity index (χ1n) is 9.53. The van der Waals surface area contributed by atoms with E-state index in [4.69, 9.17) is 9.15 Å². The molecular formula is C23H22N2O4S. The van der Waals surface area contributed by atoms with Gasteiger partial charge in [-0.15, -0.1) is 11.8 Å². The van der Waals surface area contributed by atoms with Crippen LogP contribution in [0.1, 0.15) is 29.5 Å². The number of ether oxygens (including phenoxy) is 1. The lowest BCUT2D eigenvalue weighted by molar-refractivity contribution is -0.120. The lowest BCUT2D eigenvalue weighted by Crippen LogP contribution is -2.17. The molecule has 0 saturated heterocycles. The molecule has 0 unspecified atom stereocenters. The molecular weight excluding hydrogens is 400 g/mol. The number of furan rings is 1. The van der Waals surface area contributed by atoms with E-state index in [-0.39, 0.29) is 11.9 Å². The van der Waals surface area contributed by atoms with E-state index in [0.29, 0.717) is 35.9 Å². The van der Waals surface area contributed by atoms with Crippen LogP contribution >= 0.6 is 11.8 Å². The van der Waals surface area contributed by atoms with Gasteiger partial charge in [0, 0.05) is 22.6 Å². The van der Waals surface area contributed by atoms with Crippen LogP contribution in [-0.4, -0.2) is 30.5 Å². The highest BCUT2D eigenvalue weighted by Crippen LogP contribution is 2.22. The zero-order valence-electron chi connectivity index (χ0n) is 16.5. The van der Waals surface area contributed by atoms with Gasteiger partial charge in [-0.05, 0) is 43.3 Å². The van der Waals surface area contributed by atoms with Crippen molar-refractivity contribution in [3.8, 4) is 11.3 Å². The maximum Gasteiger partial charge on any atom is 0.338 e. The molecule has 3 aromatic rings. The zero-order valence-corrected chi connectivity index (χ0v) is 17.4. The monoisotopic (exact) mass is 422 g/mol. The molecule has 0 spiro atoms. The van der Waals surface area contributed by atoms with Gasteiger partial charge in [-0.1, -0.05) is 30.3 Å². The average molecular weight is 423 g/mol. The lowest BCUT2D eigenvalue weighted by Gasteiger charge is -2.02. The van der Waals surface area contributed by atoms with Crippen molar-refractivity contribution in [3.63, 3.8) is 0 Å². The van der Waals surface area contributed by atoms with E-state index >= 15 is 0 Å². The maximum atomic E-state index is 11.9. The number of nitrogens with one attached hydrogen (secondary N) is 1. The van der Waals surface area contributed by atoms with Crippen LogP contribution in [-0.2, 0) is 9.53 Å². The van der Waals surface area contributed by atoms with Gasteiger partial charge in [0.25, 0.3) is 0 Å². The van der Waals surface area contributed by atoms with Crippen molar-refractivity contribution >= 4 is 29.9 Å². The largest absolute Gasteiger partial charge is 0.462 e. The Kier molecular flexibility index (Phi) is 7.86. The van der Waals surface area contributed by atoms with Crippen molar-refractivity contribution in [1.29, 1.82) is 0 Å². The van der Waals surface area contributed by atoms with Gasteiger partial charge in [-0.2, -0.15) is 5.10 Å². The second-order valence-electron chi connectivity index (χ2n) is 6.20. The second-order valence-corrected chi connectivity index (χ2v) is 7.37. The Bertz CT molecular complexity index is 998. The molecule has 1 aromatic heterocycles. The zero-order chi connectivity index (χ0) is 21.2. The normalized spacial score (nSPS) is 10.8. The van der Waals surface area contributed by atoms with E-state index in [1.54, 1.807) is 55.1 Å². The third kappa shape index (κ3) is 6.35. The fraction of sp³-hybridized carbons (Fsp3) is 0.174. The molecule has 2 aromatic carbocycles. The van der Waals surface area contributed by atoms with E-state index in [1.165, 1.54) is 6.21 Å². The predicted molar refractivity (Wildman–Crippen MR) is 118 cm³/mol. The van der Waals surface area contributed by atoms with E-state index in [1.807, 2.05) is 30.3 Å². The van der Waals surface area contributed by atoms with E-state index in [9.17, 15) is 9.59 Å². The molecule has 0 radical (unpaired) electrons. The third-order valence-electron chi connectivity index (χ3n) is 4.03. The van der Waals surface area contributed by atoms with Gasteiger partial charge in [0.1, 0.15) is 11.5 Å². The first-order chi connectivity index (χ1) is 14.7. The molecule has 0 atom stereocenters. The van der Waals surface area contributed by atoms with E-state index < -0.39 is 0 Å². The molecule has 0 aliphatic carbocycles. The fourth-order valence-corrected chi connectivity index (χ4v) is 3.44. The number of benzene rings is 2. The Labute approximate surface area is 179 Å². The summed E-state index contributed by atoms with van der Waals surface area (Å²) in [4.78, 5) is 24.7. The minimum atomic E-state index is -0.353. The van der Waals surface area contributed by atoms with Gasteiger partial charge in [-0.3, -0.25) is 4.79 Å². The minimum absolute atomic E-state index is 0.156. The maximum absolute atomic E-state index is 11.9. The van der Waals surface area contributed by atoms with Crippen molar-refractivity contribution in [3.05, 3.63) is 78.1 Å². The number of hydrogen-bond donors (Lipinski definition) is 1. The SMILES string of the molecule is CCOC(=O)c1ccc(-c2ccc(/C=N/NC(=O)CCSc3ccccc3)o2)cc1. The average Bonchev–Trinajstić information content (AvgIpc) is 3.24. The first-order valence-corrected chi connectivity index (χ1v) is 10.5. The lowest BCUT2D eigenvalue weighted by atomic mass is 10.1. The topological polar surface area (TPSA) is 80.9 Å². The Morgan fingerprint density at radius 1 is 1.07 bits per heavy atom. The van der Waals surface area contributed by atoms with Crippen LogP contribution in [0.15, 0.2) is 81.1 Å². The standard InChI is InChI=1S/C23H22N2O4S/c1-2-28-23(27)18-10-8-17(9-11-18)21-13-12-19(29-21)16-24-25-22(26)14-15-30-20-6-4-3-5-7-20/h3-13,16H,2,14-15H2,1H3,(H,25,26)/b24-16+. The summed E-state index contributed by atoms with van der Waals surface area (Å²) in [6.45, 7) is 2.11. The number of rotatable bonds is 9. The van der Waals surface area contributed by atoms with Gasteiger partial charge < -0.3 is 9.15 Å². The van der Waals surface area contributed by atoms with Crippen LogP contribution < -0.4 is 5.43 Å². The number of carbonyl (C=O) groups excluding carboxylic acids is 2. The van der Waals surface area contributed by atoms with Crippen LogP contribution in [0.2, 0.25) is 0 Å². The Hall–Kier alpha value is -3.32. The smallest absolute Gasteiger partial charge is 0.338 e.